The van der Waals surface area contributed by atoms with Crippen LogP contribution in [0.1, 0.15) is 45.6 Å². The van der Waals surface area contributed by atoms with E-state index in [1.807, 2.05) is 43.0 Å². The van der Waals surface area contributed by atoms with Crippen molar-refractivity contribution < 1.29 is 9.53 Å². The Morgan fingerprint density at radius 2 is 1.96 bits per heavy atom. The third-order valence-corrected chi connectivity index (χ3v) is 5.91. The lowest BCUT2D eigenvalue weighted by atomic mass is 10.0. The Labute approximate surface area is 168 Å². The number of aromatic nitrogens is 3. The number of likely N-dealkylation sites (tertiary alicyclic amines) is 1. The Balaban J connectivity index is 1.67. The minimum atomic E-state index is -0.0223. The van der Waals surface area contributed by atoms with Gasteiger partial charge in [0.15, 0.2) is 0 Å². The molecular formula is C21H22N4O2S. The van der Waals surface area contributed by atoms with Gasteiger partial charge in [-0.3, -0.25) is 9.78 Å². The van der Waals surface area contributed by atoms with Crippen molar-refractivity contribution in [3.63, 3.8) is 0 Å². The number of carbonyl (C=O) groups excluding carboxylic acids is 1. The molecule has 1 aromatic carbocycles. The van der Waals surface area contributed by atoms with E-state index in [1.165, 1.54) is 0 Å². The average molecular weight is 395 g/mol. The molecule has 0 spiro atoms. The van der Waals surface area contributed by atoms with Gasteiger partial charge in [0.1, 0.15) is 10.6 Å². The maximum absolute atomic E-state index is 13.0. The normalized spacial score (nSPS) is 16.4. The Morgan fingerprint density at radius 1 is 1.18 bits per heavy atom. The molecule has 144 valence electrons. The highest BCUT2D eigenvalue weighted by molar-refractivity contribution is 7.07. The zero-order valence-corrected chi connectivity index (χ0v) is 17.0. The summed E-state index contributed by atoms with van der Waals surface area (Å²) in [5, 5.41) is 3.98. The number of aryl methyl sites for hydroxylation is 2. The monoisotopic (exact) mass is 394 g/mol. The van der Waals surface area contributed by atoms with Gasteiger partial charge in [-0.2, -0.15) is 0 Å². The van der Waals surface area contributed by atoms with Gasteiger partial charge in [-0.1, -0.05) is 16.6 Å². The van der Waals surface area contributed by atoms with Crippen molar-refractivity contribution in [2.45, 2.75) is 32.7 Å². The molecule has 0 bridgehead atoms. The maximum Gasteiger partial charge on any atom is 0.268 e. The van der Waals surface area contributed by atoms with Gasteiger partial charge in [0, 0.05) is 12.2 Å². The topological polar surface area (TPSA) is 68.2 Å². The number of hydrogen-bond donors (Lipinski definition) is 0. The molecule has 0 aliphatic carbocycles. The first-order valence-corrected chi connectivity index (χ1v) is 10.1. The van der Waals surface area contributed by atoms with Crippen LogP contribution in [0.3, 0.4) is 0 Å². The average Bonchev–Trinajstić information content (AvgIpc) is 3.36. The summed E-state index contributed by atoms with van der Waals surface area (Å²) in [5.41, 5.74) is 4.77. The van der Waals surface area contributed by atoms with Crippen molar-refractivity contribution in [3.05, 3.63) is 58.4 Å². The van der Waals surface area contributed by atoms with Gasteiger partial charge < -0.3 is 9.64 Å². The molecule has 0 N–H and O–H groups in total. The van der Waals surface area contributed by atoms with Crippen LogP contribution < -0.4 is 4.74 Å². The molecular weight excluding hydrogens is 372 g/mol. The standard InChI is InChI=1S/C21H22N4O2S/c1-13-11-16(15-6-8-17(27-3)9-7-15)12-18(22-13)19-5-4-10-25(19)21(26)20-14(2)23-24-28-20/h6-9,11-12,19H,4-5,10H2,1-3H3. The Bertz CT molecular complexity index is 1000. The number of pyridine rings is 1. The minimum Gasteiger partial charge on any atom is -0.497 e. The van der Waals surface area contributed by atoms with E-state index < -0.39 is 0 Å². The fourth-order valence-electron chi connectivity index (χ4n) is 3.69. The first-order valence-electron chi connectivity index (χ1n) is 9.30. The maximum atomic E-state index is 13.0. The molecule has 0 saturated carbocycles. The highest BCUT2D eigenvalue weighted by atomic mass is 32.1. The number of nitrogens with zero attached hydrogens (tertiary/aromatic N) is 4. The van der Waals surface area contributed by atoms with E-state index in [1.54, 1.807) is 7.11 Å². The van der Waals surface area contributed by atoms with Crippen LogP contribution in [-0.2, 0) is 0 Å². The van der Waals surface area contributed by atoms with Gasteiger partial charge in [-0.25, -0.2) is 0 Å². The van der Waals surface area contributed by atoms with Crippen LogP contribution in [0.25, 0.3) is 11.1 Å². The van der Waals surface area contributed by atoms with Crippen LogP contribution in [-0.4, -0.2) is 39.0 Å². The molecule has 3 aromatic rings. The number of benzene rings is 1. The molecule has 2 aromatic heterocycles. The second-order valence-electron chi connectivity index (χ2n) is 6.99. The smallest absolute Gasteiger partial charge is 0.268 e. The summed E-state index contributed by atoms with van der Waals surface area (Å²) in [7, 11) is 1.66. The van der Waals surface area contributed by atoms with Gasteiger partial charge >= 0.3 is 0 Å². The summed E-state index contributed by atoms with van der Waals surface area (Å²) in [4.78, 5) is 20.3. The third-order valence-electron chi connectivity index (χ3n) is 5.10. The fourth-order valence-corrected chi connectivity index (χ4v) is 4.30. The van der Waals surface area contributed by atoms with Crippen LogP contribution >= 0.6 is 11.5 Å². The summed E-state index contributed by atoms with van der Waals surface area (Å²) in [6, 6.07) is 12.1. The second kappa shape index (κ2) is 7.67. The van der Waals surface area contributed by atoms with Crippen LogP contribution in [0.15, 0.2) is 36.4 Å². The molecule has 7 heteroatoms. The van der Waals surface area contributed by atoms with Crippen molar-refractivity contribution in [1.29, 1.82) is 0 Å². The lowest BCUT2D eigenvalue weighted by molar-refractivity contribution is 0.0737. The van der Waals surface area contributed by atoms with E-state index in [0.717, 1.165) is 59.2 Å². The van der Waals surface area contributed by atoms with Crippen molar-refractivity contribution in [2.24, 2.45) is 0 Å². The predicted octanol–water partition coefficient (Wildman–Crippen LogP) is 4.20. The molecule has 1 aliphatic rings. The summed E-state index contributed by atoms with van der Waals surface area (Å²) in [6.45, 7) is 4.55. The van der Waals surface area contributed by atoms with Crippen LogP contribution in [0.5, 0.6) is 5.75 Å². The largest absolute Gasteiger partial charge is 0.497 e. The Kier molecular flexibility index (Phi) is 5.09. The molecule has 1 atom stereocenters. The van der Waals surface area contributed by atoms with E-state index >= 15 is 0 Å². The molecule has 4 rings (SSSR count). The molecule has 6 nitrogen and oxygen atoms in total. The van der Waals surface area contributed by atoms with Crippen molar-refractivity contribution in [1.82, 2.24) is 19.5 Å². The van der Waals surface area contributed by atoms with Crippen LogP contribution in [0.4, 0.5) is 0 Å². The SMILES string of the molecule is COc1ccc(-c2cc(C)nc(C3CCCN3C(=O)c3snnc3C)c2)cc1. The predicted molar refractivity (Wildman–Crippen MR) is 109 cm³/mol. The number of hydrogen-bond acceptors (Lipinski definition) is 6. The molecule has 1 amide bonds. The molecule has 0 radical (unpaired) electrons. The quantitative estimate of drug-likeness (QED) is 0.663. The summed E-state index contributed by atoms with van der Waals surface area (Å²) < 4.78 is 9.17. The number of ether oxygens (including phenoxy) is 1. The van der Waals surface area contributed by atoms with Gasteiger partial charge in [-0.15, -0.1) is 5.10 Å². The number of methoxy groups -OCH3 is 1. The number of amides is 1. The highest BCUT2D eigenvalue weighted by Gasteiger charge is 2.33. The van der Waals surface area contributed by atoms with Crippen molar-refractivity contribution >= 4 is 17.4 Å². The molecule has 1 unspecified atom stereocenters. The van der Waals surface area contributed by atoms with E-state index in [-0.39, 0.29) is 11.9 Å². The van der Waals surface area contributed by atoms with Gasteiger partial charge in [0.25, 0.3) is 5.91 Å². The van der Waals surface area contributed by atoms with E-state index in [9.17, 15) is 4.79 Å². The second-order valence-corrected chi connectivity index (χ2v) is 7.75. The summed E-state index contributed by atoms with van der Waals surface area (Å²) >= 11 is 1.16. The lowest BCUT2D eigenvalue weighted by Gasteiger charge is -2.24. The number of rotatable bonds is 4. The van der Waals surface area contributed by atoms with E-state index in [0.29, 0.717) is 10.6 Å². The minimum absolute atomic E-state index is 0.00398. The highest BCUT2D eigenvalue weighted by Crippen LogP contribution is 2.35. The van der Waals surface area contributed by atoms with Crippen LogP contribution in [0, 0.1) is 13.8 Å². The van der Waals surface area contributed by atoms with E-state index in [4.69, 9.17) is 9.72 Å². The van der Waals surface area contributed by atoms with Crippen molar-refractivity contribution in [3.8, 4) is 16.9 Å². The molecule has 1 aliphatic heterocycles. The van der Waals surface area contributed by atoms with E-state index in [2.05, 4.69) is 21.7 Å². The molecule has 1 saturated heterocycles. The summed E-state index contributed by atoms with van der Waals surface area (Å²) in [5.74, 6) is 0.833. The first kappa shape index (κ1) is 18.6. The Morgan fingerprint density at radius 3 is 2.64 bits per heavy atom. The molecule has 28 heavy (non-hydrogen) atoms. The summed E-state index contributed by atoms with van der Waals surface area (Å²) in [6.07, 6.45) is 1.88. The first-order chi connectivity index (χ1) is 13.6. The fraction of sp³-hybridized carbons (Fsp3) is 0.333. The van der Waals surface area contributed by atoms with Gasteiger partial charge in [0.05, 0.1) is 24.5 Å². The lowest BCUT2D eigenvalue weighted by Crippen LogP contribution is -2.31. The zero-order valence-electron chi connectivity index (χ0n) is 16.2. The Hall–Kier alpha value is -2.80. The van der Waals surface area contributed by atoms with Gasteiger partial charge in [-0.05, 0) is 73.6 Å². The molecule has 3 heterocycles. The number of carbonyl (C=O) groups is 1. The van der Waals surface area contributed by atoms with Crippen LogP contribution in [0.2, 0.25) is 0 Å². The molecule has 1 fully saturated rings. The zero-order chi connectivity index (χ0) is 19.7. The van der Waals surface area contributed by atoms with Gasteiger partial charge in [0.2, 0.25) is 0 Å². The van der Waals surface area contributed by atoms with Crippen molar-refractivity contribution in [2.75, 3.05) is 13.7 Å². The third kappa shape index (κ3) is 3.49.